The standard InChI is InChI=1S/C10H22N2O5S/c1-7(2)8(6-13)12(18(11,15)16)9(14)17-10(3,4)5/h7-8,13H,6H2,1-5H3,(H2,11,15,16). The van der Waals surface area contributed by atoms with Crippen LogP contribution in [-0.2, 0) is 14.9 Å². The van der Waals surface area contributed by atoms with Crippen LogP contribution in [0.2, 0.25) is 0 Å². The normalized spacial score (nSPS) is 14.4. The first-order valence-electron chi connectivity index (χ1n) is 5.56. The molecule has 0 aromatic carbocycles. The van der Waals surface area contributed by atoms with Gasteiger partial charge < -0.3 is 9.84 Å². The Kier molecular flexibility index (Phi) is 5.57. The number of amides is 1. The molecule has 0 rings (SSSR count). The third kappa shape index (κ3) is 5.19. The van der Waals surface area contributed by atoms with Gasteiger partial charge in [0.2, 0.25) is 0 Å². The molecular formula is C10H22N2O5S. The van der Waals surface area contributed by atoms with Gasteiger partial charge in [-0.15, -0.1) is 0 Å². The smallest absolute Gasteiger partial charge is 0.425 e. The third-order valence-electron chi connectivity index (χ3n) is 2.11. The molecule has 0 spiro atoms. The number of nitrogens with two attached hydrogens (primary N) is 1. The van der Waals surface area contributed by atoms with Crippen molar-refractivity contribution >= 4 is 16.3 Å². The molecule has 0 fully saturated rings. The van der Waals surface area contributed by atoms with Gasteiger partial charge >= 0.3 is 16.3 Å². The summed E-state index contributed by atoms with van der Waals surface area (Å²) >= 11 is 0. The van der Waals surface area contributed by atoms with Crippen molar-refractivity contribution in [3.8, 4) is 0 Å². The minimum atomic E-state index is -4.29. The van der Waals surface area contributed by atoms with E-state index >= 15 is 0 Å². The number of nitrogens with zero attached hydrogens (tertiary/aromatic N) is 1. The lowest BCUT2D eigenvalue weighted by Crippen LogP contribution is -2.53. The number of aliphatic hydroxyl groups is 1. The topological polar surface area (TPSA) is 110 Å². The Morgan fingerprint density at radius 1 is 1.39 bits per heavy atom. The third-order valence-corrected chi connectivity index (χ3v) is 3.07. The predicted molar refractivity (Wildman–Crippen MR) is 66.9 cm³/mol. The summed E-state index contributed by atoms with van der Waals surface area (Å²) in [6.07, 6.45) is -1.09. The molecule has 0 aliphatic heterocycles. The minimum Gasteiger partial charge on any atom is -0.443 e. The highest BCUT2D eigenvalue weighted by Gasteiger charge is 2.36. The number of carbonyl (C=O) groups excluding carboxylic acids is 1. The van der Waals surface area contributed by atoms with E-state index in [2.05, 4.69) is 0 Å². The zero-order valence-electron chi connectivity index (χ0n) is 11.4. The Hall–Kier alpha value is -0.860. The lowest BCUT2D eigenvalue weighted by molar-refractivity contribution is 0.0250. The summed E-state index contributed by atoms with van der Waals surface area (Å²) in [6.45, 7) is 7.64. The van der Waals surface area contributed by atoms with E-state index in [-0.39, 0.29) is 5.92 Å². The molecule has 0 aromatic rings. The first-order valence-corrected chi connectivity index (χ1v) is 7.06. The van der Waals surface area contributed by atoms with Gasteiger partial charge in [0.05, 0.1) is 12.6 Å². The Morgan fingerprint density at radius 3 is 2.06 bits per heavy atom. The van der Waals surface area contributed by atoms with E-state index in [1.807, 2.05) is 0 Å². The van der Waals surface area contributed by atoms with E-state index in [1.165, 1.54) is 0 Å². The molecule has 7 nitrogen and oxygen atoms in total. The zero-order chi connectivity index (χ0) is 14.7. The van der Waals surface area contributed by atoms with Crippen LogP contribution in [0.1, 0.15) is 34.6 Å². The molecule has 0 radical (unpaired) electrons. The highest BCUT2D eigenvalue weighted by atomic mass is 32.2. The molecule has 18 heavy (non-hydrogen) atoms. The summed E-state index contributed by atoms with van der Waals surface area (Å²) in [5.41, 5.74) is -0.850. The maximum atomic E-state index is 11.8. The van der Waals surface area contributed by atoms with Crippen LogP contribution >= 0.6 is 0 Å². The molecule has 3 N–H and O–H groups in total. The van der Waals surface area contributed by atoms with Crippen LogP contribution < -0.4 is 5.14 Å². The van der Waals surface area contributed by atoms with Gasteiger partial charge in [-0.3, -0.25) is 0 Å². The number of hydrogen-bond acceptors (Lipinski definition) is 5. The van der Waals surface area contributed by atoms with Gasteiger partial charge in [-0.05, 0) is 26.7 Å². The number of rotatable bonds is 4. The van der Waals surface area contributed by atoms with E-state index in [0.29, 0.717) is 4.31 Å². The van der Waals surface area contributed by atoms with Crippen LogP contribution in [0.25, 0.3) is 0 Å². The molecule has 0 aliphatic carbocycles. The molecule has 0 saturated heterocycles. The van der Waals surface area contributed by atoms with Crippen LogP contribution in [0.15, 0.2) is 0 Å². The van der Waals surface area contributed by atoms with Gasteiger partial charge in [0, 0.05) is 0 Å². The van der Waals surface area contributed by atoms with Gasteiger partial charge in [-0.2, -0.15) is 12.7 Å². The lowest BCUT2D eigenvalue weighted by Gasteiger charge is -2.32. The van der Waals surface area contributed by atoms with E-state index in [4.69, 9.17) is 9.88 Å². The van der Waals surface area contributed by atoms with Gasteiger partial charge in [0.1, 0.15) is 5.60 Å². The van der Waals surface area contributed by atoms with Crippen LogP contribution in [0.5, 0.6) is 0 Å². The quantitative estimate of drug-likeness (QED) is 0.777. The van der Waals surface area contributed by atoms with E-state index in [1.54, 1.807) is 34.6 Å². The van der Waals surface area contributed by atoms with Crippen molar-refractivity contribution < 1.29 is 23.1 Å². The van der Waals surface area contributed by atoms with Gasteiger partial charge in [-0.25, -0.2) is 9.93 Å². The number of carbonyl (C=O) groups is 1. The predicted octanol–water partition coefficient (Wildman–Crippen LogP) is 0.444. The molecule has 0 aromatic heterocycles. The second kappa shape index (κ2) is 5.85. The summed E-state index contributed by atoms with van der Waals surface area (Å²) < 4.78 is 28.3. The average molecular weight is 282 g/mol. The summed E-state index contributed by atoms with van der Waals surface area (Å²) in [5, 5.41) is 14.2. The summed E-state index contributed by atoms with van der Waals surface area (Å²) in [7, 11) is -4.29. The minimum absolute atomic E-state index is 0.291. The van der Waals surface area contributed by atoms with E-state index in [9.17, 15) is 18.3 Å². The van der Waals surface area contributed by atoms with Gasteiger partial charge in [-0.1, -0.05) is 13.8 Å². The fourth-order valence-corrected chi connectivity index (χ4v) is 2.22. The van der Waals surface area contributed by atoms with Crippen molar-refractivity contribution in [3.05, 3.63) is 0 Å². The van der Waals surface area contributed by atoms with Crippen molar-refractivity contribution in [2.45, 2.75) is 46.3 Å². The highest BCUT2D eigenvalue weighted by Crippen LogP contribution is 2.18. The van der Waals surface area contributed by atoms with E-state index < -0.39 is 34.6 Å². The molecular weight excluding hydrogens is 260 g/mol. The fraction of sp³-hybridized carbons (Fsp3) is 0.900. The van der Waals surface area contributed by atoms with Crippen molar-refractivity contribution in [1.29, 1.82) is 0 Å². The van der Waals surface area contributed by atoms with Crippen molar-refractivity contribution in [1.82, 2.24) is 4.31 Å². The molecule has 0 heterocycles. The summed E-state index contributed by atoms with van der Waals surface area (Å²) in [4.78, 5) is 11.8. The molecule has 1 atom stereocenters. The second-order valence-corrected chi connectivity index (χ2v) is 6.74. The Labute approximate surface area is 108 Å². The highest BCUT2D eigenvalue weighted by molar-refractivity contribution is 7.87. The van der Waals surface area contributed by atoms with Crippen LogP contribution in [0.3, 0.4) is 0 Å². The molecule has 1 unspecified atom stereocenters. The summed E-state index contributed by atoms with van der Waals surface area (Å²) in [6, 6.07) is -0.949. The van der Waals surface area contributed by atoms with Crippen molar-refractivity contribution in [2.75, 3.05) is 6.61 Å². The fourth-order valence-electron chi connectivity index (χ4n) is 1.29. The molecule has 0 aliphatic rings. The SMILES string of the molecule is CC(C)C(CO)N(C(=O)OC(C)(C)C)S(N)(=O)=O. The second-order valence-electron chi connectivity index (χ2n) is 5.32. The Balaban J connectivity index is 5.33. The zero-order valence-corrected chi connectivity index (χ0v) is 12.2. The van der Waals surface area contributed by atoms with Gasteiger partial charge in [0.25, 0.3) is 0 Å². The first kappa shape index (κ1) is 17.1. The molecule has 0 bridgehead atoms. The van der Waals surface area contributed by atoms with Crippen LogP contribution in [0.4, 0.5) is 4.79 Å². The Bertz CT molecular complexity index is 386. The Morgan fingerprint density at radius 2 is 1.83 bits per heavy atom. The average Bonchev–Trinajstić information content (AvgIpc) is 2.07. The molecule has 8 heteroatoms. The lowest BCUT2D eigenvalue weighted by atomic mass is 10.1. The maximum Gasteiger partial charge on any atom is 0.425 e. The maximum absolute atomic E-state index is 11.8. The monoisotopic (exact) mass is 282 g/mol. The summed E-state index contributed by atoms with van der Waals surface area (Å²) in [5.74, 6) is -0.291. The van der Waals surface area contributed by atoms with E-state index in [0.717, 1.165) is 0 Å². The number of ether oxygens (including phenoxy) is 1. The van der Waals surface area contributed by atoms with Crippen LogP contribution in [-0.4, -0.2) is 42.2 Å². The molecule has 0 saturated carbocycles. The van der Waals surface area contributed by atoms with Crippen molar-refractivity contribution in [3.63, 3.8) is 0 Å². The van der Waals surface area contributed by atoms with Gasteiger partial charge in [0.15, 0.2) is 0 Å². The van der Waals surface area contributed by atoms with Crippen LogP contribution in [0, 0.1) is 5.92 Å². The molecule has 108 valence electrons. The number of aliphatic hydroxyl groups excluding tert-OH is 1. The van der Waals surface area contributed by atoms with Crippen molar-refractivity contribution in [2.24, 2.45) is 11.1 Å². The largest absolute Gasteiger partial charge is 0.443 e. The number of hydrogen-bond donors (Lipinski definition) is 2. The first-order chi connectivity index (χ1) is 7.90. The molecule has 1 amide bonds.